The predicted octanol–water partition coefficient (Wildman–Crippen LogP) is 2.66. The zero-order valence-corrected chi connectivity index (χ0v) is 12.7. The van der Waals surface area contributed by atoms with Gasteiger partial charge in [-0.2, -0.15) is 0 Å². The van der Waals surface area contributed by atoms with Crippen molar-refractivity contribution in [2.45, 2.75) is 57.2 Å². The highest BCUT2D eigenvalue weighted by Crippen LogP contribution is 2.25. The minimum Gasteiger partial charge on any atom is -0.479 e. The highest BCUT2D eigenvalue weighted by atomic mass is 16.4. The summed E-state index contributed by atoms with van der Waals surface area (Å²) in [5.41, 5.74) is -0.545. The van der Waals surface area contributed by atoms with Gasteiger partial charge in [-0.15, -0.1) is 0 Å². The van der Waals surface area contributed by atoms with Crippen LogP contribution < -0.4 is 0 Å². The van der Waals surface area contributed by atoms with Gasteiger partial charge in [0.1, 0.15) is 0 Å². The summed E-state index contributed by atoms with van der Waals surface area (Å²) < 4.78 is 0. The first-order chi connectivity index (χ1) is 9.99. The third kappa shape index (κ3) is 4.55. The molecule has 4 heteroatoms. The van der Waals surface area contributed by atoms with Crippen LogP contribution in [0, 0.1) is 0 Å². The molecule has 0 aromatic heterocycles. The van der Waals surface area contributed by atoms with E-state index in [0.717, 1.165) is 18.4 Å². The number of carboxylic acid groups (broad SMARTS) is 1. The molecular weight excluding hydrogens is 266 g/mol. The van der Waals surface area contributed by atoms with E-state index in [-0.39, 0.29) is 6.54 Å². The molecule has 0 bridgehead atoms. The molecule has 0 amide bonds. The lowest BCUT2D eigenvalue weighted by atomic mass is 9.92. The first kappa shape index (κ1) is 16.0. The van der Waals surface area contributed by atoms with E-state index in [1.54, 1.807) is 0 Å². The zero-order chi connectivity index (χ0) is 15.3. The van der Waals surface area contributed by atoms with E-state index >= 15 is 0 Å². The second-order valence-electron chi connectivity index (χ2n) is 6.26. The van der Waals surface area contributed by atoms with E-state index in [9.17, 15) is 15.0 Å². The molecule has 21 heavy (non-hydrogen) atoms. The van der Waals surface area contributed by atoms with Gasteiger partial charge in [0.15, 0.2) is 5.60 Å². The van der Waals surface area contributed by atoms with Crippen molar-refractivity contribution in [3.63, 3.8) is 0 Å². The van der Waals surface area contributed by atoms with Gasteiger partial charge in [0.05, 0.1) is 0 Å². The fourth-order valence-corrected chi connectivity index (χ4v) is 3.04. The van der Waals surface area contributed by atoms with Crippen molar-refractivity contribution in [1.82, 2.24) is 4.90 Å². The maximum atomic E-state index is 11.2. The fourth-order valence-electron chi connectivity index (χ4n) is 3.04. The molecule has 0 heterocycles. The van der Waals surface area contributed by atoms with Crippen LogP contribution in [0.15, 0.2) is 30.3 Å². The first-order valence-electron chi connectivity index (χ1n) is 7.73. The van der Waals surface area contributed by atoms with Crippen molar-refractivity contribution >= 4 is 5.97 Å². The standard InChI is InChI=1S/C17H25NO3/c1-17(21,16(19)20)13-18(15-10-6-3-7-11-15)12-14-8-4-2-5-9-14/h2,4-5,8-9,15,21H,3,6-7,10-13H2,1H3,(H,19,20). The second-order valence-corrected chi connectivity index (χ2v) is 6.26. The van der Waals surface area contributed by atoms with E-state index in [4.69, 9.17) is 0 Å². The number of aliphatic carboxylic acids is 1. The summed E-state index contributed by atoms with van der Waals surface area (Å²) in [4.78, 5) is 13.4. The number of carboxylic acids is 1. The molecule has 0 radical (unpaired) electrons. The molecule has 1 aliphatic rings. The molecule has 1 aromatic carbocycles. The van der Waals surface area contributed by atoms with Gasteiger partial charge in [-0.05, 0) is 25.3 Å². The predicted molar refractivity (Wildman–Crippen MR) is 82.0 cm³/mol. The quantitative estimate of drug-likeness (QED) is 0.846. The van der Waals surface area contributed by atoms with Crippen LogP contribution in [0.4, 0.5) is 0 Å². The Labute approximate surface area is 126 Å². The SMILES string of the molecule is CC(O)(CN(Cc1ccccc1)C1CCCCC1)C(=O)O. The van der Waals surface area contributed by atoms with Crippen molar-refractivity contribution in [3.8, 4) is 0 Å². The summed E-state index contributed by atoms with van der Waals surface area (Å²) in [5.74, 6) is -1.16. The Kier molecular flexibility index (Phi) is 5.37. The Morgan fingerprint density at radius 2 is 1.86 bits per heavy atom. The number of benzene rings is 1. The molecule has 116 valence electrons. The minimum atomic E-state index is -1.70. The van der Waals surface area contributed by atoms with Crippen LogP contribution in [0.2, 0.25) is 0 Å². The van der Waals surface area contributed by atoms with E-state index in [2.05, 4.69) is 4.90 Å². The smallest absolute Gasteiger partial charge is 0.336 e. The summed E-state index contributed by atoms with van der Waals surface area (Å²) in [7, 11) is 0. The summed E-state index contributed by atoms with van der Waals surface area (Å²) >= 11 is 0. The largest absolute Gasteiger partial charge is 0.479 e. The van der Waals surface area contributed by atoms with Gasteiger partial charge < -0.3 is 10.2 Å². The molecule has 4 nitrogen and oxygen atoms in total. The average molecular weight is 291 g/mol. The number of hydrogen-bond donors (Lipinski definition) is 2. The lowest BCUT2D eigenvalue weighted by Gasteiger charge is -2.37. The molecular formula is C17H25NO3. The van der Waals surface area contributed by atoms with Gasteiger partial charge in [-0.3, -0.25) is 4.90 Å². The highest BCUT2D eigenvalue weighted by molar-refractivity contribution is 5.76. The molecule has 1 aliphatic carbocycles. The van der Waals surface area contributed by atoms with Gasteiger partial charge in [0.25, 0.3) is 0 Å². The van der Waals surface area contributed by atoms with Crippen LogP contribution in [0.25, 0.3) is 0 Å². The van der Waals surface area contributed by atoms with Crippen LogP contribution in [0.1, 0.15) is 44.6 Å². The van der Waals surface area contributed by atoms with Gasteiger partial charge in [0.2, 0.25) is 0 Å². The normalized spacial score (nSPS) is 19.4. The number of carbonyl (C=O) groups is 1. The highest BCUT2D eigenvalue weighted by Gasteiger charge is 2.35. The topological polar surface area (TPSA) is 60.8 Å². The molecule has 1 atom stereocenters. The molecule has 1 unspecified atom stereocenters. The average Bonchev–Trinajstić information content (AvgIpc) is 2.48. The van der Waals surface area contributed by atoms with E-state index in [1.807, 2.05) is 30.3 Å². The molecule has 1 fully saturated rings. The first-order valence-corrected chi connectivity index (χ1v) is 7.73. The van der Waals surface area contributed by atoms with Crippen LogP contribution in [0.5, 0.6) is 0 Å². The summed E-state index contributed by atoms with van der Waals surface area (Å²) in [6, 6.07) is 10.4. The lowest BCUT2D eigenvalue weighted by molar-refractivity contribution is -0.159. The Hall–Kier alpha value is -1.39. The maximum absolute atomic E-state index is 11.2. The lowest BCUT2D eigenvalue weighted by Crippen LogP contribution is -2.50. The van der Waals surface area contributed by atoms with Gasteiger partial charge in [0, 0.05) is 19.1 Å². The van der Waals surface area contributed by atoms with Crippen LogP contribution >= 0.6 is 0 Å². The van der Waals surface area contributed by atoms with Crippen molar-refractivity contribution in [1.29, 1.82) is 0 Å². The Bertz CT molecular complexity index is 452. The van der Waals surface area contributed by atoms with Crippen molar-refractivity contribution in [2.75, 3.05) is 6.54 Å². The molecule has 1 saturated carbocycles. The van der Waals surface area contributed by atoms with Crippen molar-refractivity contribution in [3.05, 3.63) is 35.9 Å². The second kappa shape index (κ2) is 7.05. The molecule has 2 N–H and O–H groups in total. The van der Waals surface area contributed by atoms with Crippen LogP contribution in [-0.4, -0.2) is 39.3 Å². The Morgan fingerprint density at radius 1 is 1.24 bits per heavy atom. The summed E-state index contributed by atoms with van der Waals surface area (Å²) in [5, 5.41) is 19.3. The van der Waals surface area contributed by atoms with Crippen LogP contribution in [0.3, 0.4) is 0 Å². The third-order valence-corrected chi connectivity index (χ3v) is 4.29. The van der Waals surface area contributed by atoms with Gasteiger partial charge in [-0.25, -0.2) is 4.79 Å². The molecule has 0 spiro atoms. The van der Waals surface area contributed by atoms with Crippen molar-refractivity contribution < 1.29 is 15.0 Å². The van der Waals surface area contributed by atoms with Crippen molar-refractivity contribution in [2.24, 2.45) is 0 Å². The third-order valence-electron chi connectivity index (χ3n) is 4.29. The minimum absolute atomic E-state index is 0.169. The zero-order valence-electron chi connectivity index (χ0n) is 12.7. The number of aliphatic hydroxyl groups is 1. The molecule has 1 aromatic rings. The number of nitrogens with zero attached hydrogens (tertiary/aromatic N) is 1. The van der Waals surface area contributed by atoms with E-state index in [0.29, 0.717) is 12.6 Å². The Balaban J connectivity index is 2.11. The monoisotopic (exact) mass is 291 g/mol. The Morgan fingerprint density at radius 3 is 2.43 bits per heavy atom. The summed E-state index contributed by atoms with van der Waals surface area (Å²) in [6.07, 6.45) is 5.80. The number of rotatable bonds is 6. The molecule has 0 aliphatic heterocycles. The molecule has 0 saturated heterocycles. The van der Waals surface area contributed by atoms with Gasteiger partial charge in [-0.1, -0.05) is 49.6 Å². The van der Waals surface area contributed by atoms with E-state index in [1.165, 1.54) is 26.2 Å². The fraction of sp³-hybridized carbons (Fsp3) is 0.588. The van der Waals surface area contributed by atoms with Gasteiger partial charge >= 0.3 is 5.97 Å². The number of hydrogen-bond acceptors (Lipinski definition) is 3. The molecule has 2 rings (SSSR count). The summed E-state index contributed by atoms with van der Waals surface area (Å²) in [6.45, 7) is 2.24. The van der Waals surface area contributed by atoms with Crippen LogP contribution in [-0.2, 0) is 11.3 Å². The van der Waals surface area contributed by atoms with E-state index < -0.39 is 11.6 Å². The maximum Gasteiger partial charge on any atom is 0.336 e.